The first kappa shape index (κ1) is 20.0. The zero-order valence-corrected chi connectivity index (χ0v) is 17.9. The largest absolute Gasteiger partial charge is 0.346 e. The van der Waals surface area contributed by atoms with E-state index in [1.165, 1.54) is 0 Å². The molecule has 9 heteroatoms. The number of hydrogen-bond donors (Lipinski definition) is 3. The molecule has 0 aliphatic carbocycles. The van der Waals surface area contributed by atoms with Gasteiger partial charge in [0.2, 0.25) is 10.0 Å². The SMILES string of the molecule is O=C(N[C@@H]1CN2CCC1CC2)c1n[nH]c2ccc(NS(=O)(=O)Cc3ccccc3)cc12. The fourth-order valence-corrected chi connectivity index (χ4v) is 5.81. The number of nitrogens with one attached hydrogen (secondary N) is 3. The number of carbonyl (C=O) groups excluding carboxylic acids is 1. The highest BCUT2D eigenvalue weighted by molar-refractivity contribution is 7.91. The number of amides is 1. The molecule has 0 unspecified atom stereocenters. The first-order chi connectivity index (χ1) is 15.0. The summed E-state index contributed by atoms with van der Waals surface area (Å²) in [5.41, 5.74) is 2.08. The van der Waals surface area contributed by atoms with Crippen molar-refractivity contribution in [2.75, 3.05) is 24.4 Å². The molecule has 31 heavy (non-hydrogen) atoms. The molecular formula is C22H25N5O3S. The summed E-state index contributed by atoms with van der Waals surface area (Å²) in [7, 11) is -3.59. The molecule has 1 atom stereocenters. The van der Waals surface area contributed by atoms with Crippen LogP contribution in [-0.2, 0) is 15.8 Å². The highest BCUT2D eigenvalue weighted by atomic mass is 32.2. The molecule has 4 heterocycles. The van der Waals surface area contributed by atoms with Crippen LogP contribution in [0.25, 0.3) is 10.9 Å². The van der Waals surface area contributed by atoms with Gasteiger partial charge >= 0.3 is 0 Å². The van der Waals surface area contributed by atoms with Gasteiger partial charge in [0.1, 0.15) is 0 Å². The van der Waals surface area contributed by atoms with Gasteiger partial charge in [0.05, 0.1) is 11.3 Å². The second kappa shape index (κ2) is 7.97. The minimum atomic E-state index is -3.59. The average Bonchev–Trinajstić information content (AvgIpc) is 3.18. The number of nitrogens with zero attached hydrogens (tertiary/aromatic N) is 2. The number of hydrogen-bond acceptors (Lipinski definition) is 5. The molecule has 0 radical (unpaired) electrons. The molecule has 6 rings (SSSR count). The summed E-state index contributed by atoms with van der Waals surface area (Å²) in [6, 6.07) is 14.2. The lowest BCUT2D eigenvalue weighted by molar-refractivity contribution is 0.0618. The van der Waals surface area contributed by atoms with Crippen molar-refractivity contribution in [3.63, 3.8) is 0 Å². The van der Waals surface area contributed by atoms with Gasteiger partial charge in [-0.3, -0.25) is 14.6 Å². The second-order valence-corrected chi connectivity index (χ2v) is 10.1. The number of carbonyl (C=O) groups is 1. The van der Waals surface area contributed by atoms with Gasteiger partial charge in [0, 0.05) is 23.7 Å². The number of sulfonamides is 1. The Hall–Kier alpha value is -2.91. The molecule has 3 aliphatic heterocycles. The van der Waals surface area contributed by atoms with E-state index in [-0.39, 0.29) is 23.4 Å². The lowest BCUT2D eigenvalue weighted by atomic mass is 9.84. The van der Waals surface area contributed by atoms with Crippen LogP contribution in [0.1, 0.15) is 28.9 Å². The van der Waals surface area contributed by atoms with E-state index in [0.29, 0.717) is 28.1 Å². The van der Waals surface area contributed by atoms with E-state index in [2.05, 4.69) is 25.1 Å². The molecule has 3 N–H and O–H groups in total. The molecule has 8 nitrogen and oxygen atoms in total. The molecule has 2 bridgehead atoms. The number of H-pyrrole nitrogens is 1. The number of rotatable bonds is 6. The molecule has 3 saturated heterocycles. The molecule has 3 aromatic rings. The predicted octanol–water partition coefficient (Wildman–Crippen LogP) is 2.33. The van der Waals surface area contributed by atoms with E-state index in [9.17, 15) is 13.2 Å². The van der Waals surface area contributed by atoms with Crippen LogP contribution in [0, 0.1) is 5.92 Å². The van der Waals surface area contributed by atoms with Gasteiger partial charge < -0.3 is 10.2 Å². The third-order valence-electron chi connectivity index (χ3n) is 6.22. The highest BCUT2D eigenvalue weighted by Crippen LogP contribution is 2.28. The Labute approximate surface area is 181 Å². The zero-order valence-electron chi connectivity index (χ0n) is 17.0. The molecule has 3 aliphatic rings. The Morgan fingerprint density at radius 1 is 1.13 bits per heavy atom. The molecule has 162 valence electrons. The van der Waals surface area contributed by atoms with Crippen LogP contribution in [0.15, 0.2) is 48.5 Å². The molecule has 3 fully saturated rings. The fraction of sp³-hybridized carbons (Fsp3) is 0.364. The Morgan fingerprint density at radius 3 is 2.61 bits per heavy atom. The number of benzene rings is 2. The average molecular weight is 440 g/mol. The summed E-state index contributed by atoms with van der Waals surface area (Å²) in [6.07, 6.45) is 2.22. The minimum Gasteiger partial charge on any atom is -0.346 e. The highest BCUT2D eigenvalue weighted by Gasteiger charge is 2.35. The summed E-state index contributed by atoms with van der Waals surface area (Å²) < 4.78 is 27.8. The van der Waals surface area contributed by atoms with Gasteiger partial charge in [-0.1, -0.05) is 30.3 Å². The lowest BCUT2D eigenvalue weighted by Gasteiger charge is -2.44. The Bertz CT molecular complexity index is 1200. The molecular weight excluding hydrogens is 414 g/mol. The number of aromatic nitrogens is 2. The Morgan fingerprint density at radius 2 is 1.90 bits per heavy atom. The van der Waals surface area contributed by atoms with Crippen molar-refractivity contribution in [3.8, 4) is 0 Å². The van der Waals surface area contributed by atoms with Crippen LogP contribution in [0.2, 0.25) is 0 Å². The van der Waals surface area contributed by atoms with Gasteiger partial charge in [-0.2, -0.15) is 5.10 Å². The number of fused-ring (bicyclic) bond motifs is 4. The second-order valence-electron chi connectivity index (χ2n) is 8.40. The maximum Gasteiger partial charge on any atom is 0.272 e. The predicted molar refractivity (Wildman–Crippen MR) is 119 cm³/mol. The lowest BCUT2D eigenvalue weighted by Crippen LogP contribution is -2.57. The molecule has 0 saturated carbocycles. The van der Waals surface area contributed by atoms with Crippen LogP contribution in [-0.4, -0.2) is 55.1 Å². The summed E-state index contributed by atoms with van der Waals surface area (Å²) in [4.78, 5) is 15.3. The number of anilines is 1. The monoisotopic (exact) mass is 439 g/mol. The third-order valence-corrected chi connectivity index (χ3v) is 7.48. The Balaban J connectivity index is 1.34. The van der Waals surface area contributed by atoms with E-state index in [0.717, 1.165) is 32.5 Å². The van der Waals surface area contributed by atoms with Crippen molar-refractivity contribution in [3.05, 3.63) is 59.8 Å². The van der Waals surface area contributed by atoms with Gasteiger partial charge in [0.15, 0.2) is 5.69 Å². The van der Waals surface area contributed by atoms with Crippen LogP contribution in [0.3, 0.4) is 0 Å². The maximum absolute atomic E-state index is 13.0. The van der Waals surface area contributed by atoms with Crippen molar-refractivity contribution in [1.82, 2.24) is 20.4 Å². The molecule has 0 spiro atoms. The summed E-state index contributed by atoms with van der Waals surface area (Å²) in [5.74, 6) is 0.165. The van der Waals surface area contributed by atoms with E-state index in [4.69, 9.17) is 0 Å². The minimum absolute atomic E-state index is 0.121. The molecule has 1 aromatic heterocycles. The summed E-state index contributed by atoms with van der Waals surface area (Å²) in [5, 5.41) is 10.8. The molecule has 1 amide bonds. The topological polar surface area (TPSA) is 107 Å². The normalized spacial score (nSPS) is 23.0. The quantitative estimate of drug-likeness (QED) is 0.546. The smallest absolute Gasteiger partial charge is 0.272 e. The first-order valence-electron chi connectivity index (χ1n) is 10.5. The van der Waals surface area contributed by atoms with E-state index < -0.39 is 10.0 Å². The molecule has 2 aromatic carbocycles. The van der Waals surface area contributed by atoms with E-state index in [1.54, 1.807) is 30.3 Å². The number of piperidine rings is 3. The van der Waals surface area contributed by atoms with Gasteiger partial charge in [-0.25, -0.2) is 8.42 Å². The van der Waals surface area contributed by atoms with Crippen molar-refractivity contribution >= 4 is 32.5 Å². The zero-order chi connectivity index (χ0) is 21.4. The summed E-state index contributed by atoms with van der Waals surface area (Å²) >= 11 is 0. The van der Waals surface area contributed by atoms with Crippen LogP contribution in [0.5, 0.6) is 0 Å². The standard InChI is InChI=1S/C22H25N5O3S/c28-22(23-20-13-27-10-8-16(20)9-11-27)21-18-12-17(6-7-19(18)24-25-21)26-31(29,30)14-15-4-2-1-3-5-15/h1-7,12,16,20,26H,8-11,13-14H2,(H,23,28)(H,24,25)/t20-/m1/s1. The van der Waals surface area contributed by atoms with E-state index >= 15 is 0 Å². The Kier molecular flexibility index (Phi) is 5.15. The van der Waals surface area contributed by atoms with Gasteiger partial charge in [-0.15, -0.1) is 0 Å². The maximum atomic E-state index is 13.0. The van der Waals surface area contributed by atoms with Gasteiger partial charge in [-0.05, 0) is 55.6 Å². The fourth-order valence-electron chi connectivity index (χ4n) is 4.63. The van der Waals surface area contributed by atoms with E-state index in [1.807, 2.05) is 18.2 Å². The summed E-state index contributed by atoms with van der Waals surface area (Å²) in [6.45, 7) is 3.09. The van der Waals surface area contributed by atoms with Crippen LogP contribution >= 0.6 is 0 Å². The van der Waals surface area contributed by atoms with Crippen molar-refractivity contribution in [2.45, 2.75) is 24.6 Å². The van der Waals surface area contributed by atoms with Crippen LogP contribution < -0.4 is 10.0 Å². The van der Waals surface area contributed by atoms with Crippen molar-refractivity contribution in [1.29, 1.82) is 0 Å². The van der Waals surface area contributed by atoms with Crippen LogP contribution in [0.4, 0.5) is 5.69 Å². The van der Waals surface area contributed by atoms with Gasteiger partial charge in [0.25, 0.3) is 5.91 Å². The number of aromatic amines is 1. The third kappa shape index (κ3) is 4.28. The van der Waals surface area contributed by atoms with Crippen molar-refractivity contribution in [2.24, 2.45) is 5.92 Å². The van der Waals surface area contributed by atoms with Crippen molar-refractivity contribution < 1.29 is 13.2 Å². The first-order valence-corrected chi connectivity index (χ1v) is 12.2.